The highest BCUT2D eigenvalue weighted by Crippen LogP contribution is 2.55. The topological polar surface area (TPSA) is 171 Å². The number of fused-ring (bicyclic) bond motifs is 4. The molecule has 38 heavy (non-hydrogen) atoms. The summed E-state index contributed by atoms with van der Waals surface area (Å²) in [7, 11) is 3.13. The number of ketones is 2. The highest BCUT2D eigenvalue weighted by molar-refractivity contribution is 6.24. The Morgan fingerprint density at radius 1 is 1.16 bits per heavy atom. The first-order chi connectivity index (χ1) is 18.0. The van der Waals surface area contributed by atoms with E-state index in [4.69, 9.17) is 10.5 Å². The summed E-state index contributed by atoms with van der Waals surface area (Å²) in [6, 6.07) is 5.87. The molecule has 0 aromatic heterocycles. The highest BCUT2D eigenvalue weighted by atomic mass is 16.5. The number of hydrogen-bond acceptors (Lipinski definition) is 9. The van der Waals surface area contributed by atoms with Gasteiger partial charge in [-0.15, -0.1) is 0 Å². The normalized spacial score (nSPS) is 26.9. The third-order valence-corrected chi connectivity index (χ3v) is 8.00. The predicted molar refractivity (Wildman–Crippen MR) is 138 cm³/mol. The van der Waals surface area contributed by atoms with Crippen LogP contribution < -0.4 is 10.5 Å². The van der Waals surface area contributed by atoms with Crippen molar-refractivity contribution in [1.29, 1.82) is 0 Å². The van der Waals surface area contributed by atoms with Gasteiger partial charge in [-0.05, 0) is 39.3 Å². The predicted octanol–water partition coefficient (Wildman–Crippen LogP) is 1.91. The number of nitrogens with two attached hydrogens (primary N) is 1. The molecule has 2 aromatic rings. The van der Waals surface area contributed by atoms with E-state index in [9.17, 15) is 34.8 Å². The van der Waals surface area contributed by atoms with E-state index in [2.05, 4.69) is 0 Å². The van der Waals surface area contributed by atoms with Gasteiger partial charge in [0.2, 0.25) is 5.78 Å². The van der Waals surface area contributed by atoms with Crippen LogP contribution in [0.1, 0.15) is 30.9 Å². The first-order valence-corrected chi connectivity index (χ1v) is 12.5. The molecular formula is C28H30N2O8. The number of amides is 1. The van der Waals surface area contributed by atoms with Gasteiger partial charge in [-0.2, -0.15) is 0 Å². The van der Waals surface area contributed by atoms with Crippen molar-refractivity contribution in [1.82, 2.24) is 4.90 Å². The first-order valence-electron chi connectivity index (χ1n) is 12.5. The Balaban J connectivity index is 1.78. The maximum atomic E-state index is 14.0. The van der Waals surface area contributed by atoms with Crippen LogP contribution in [0.5, 0.6) is 11.5 Å². The van der Waals surface area contributed by atoms with Gasteiger partial charge in [-0.3, -0.25) is 19.3 Å². The van der Waals surface area contributed by atoms with Crippen molar-refractivity contribution in [3.63, 3.8) is 0 Å². The molecule has 2 aromatic carbocycles. The summed E-state index contributed by atoms with van der Waals surface area (Å²) in [4.78, 5) is 40.8. The van der Waals surface area contributed by atoms with Crippen molar-refractivity contribution in [3.8, 4) is 11.5 Å². The van der Waals surface area contributed by atoms with E-state index in [1.165, 1.54) is 4.90 Å². The minimum atomic E-state index is -2.67. The van der Waals surface area contributed by atoms with Crippen molar-refractivity contribution >= 4 is 34.0 Å². The van der Waals surface area contributed by atoms with Gasteiger partial charge in [0, 0.05) is 27.8 Å². The number of aliphatic hydroxyl groups excluding tert-OH is 2. The minimum absolute atomic E-state index is 0.0195. The van der Waals surface area contributed by atoms with Crippen LogP contribution in [0.15, 0.2) is 41.2 Å². The summed E-state index contributed by atoms with van der Waals surface area (Å²) in [5.74, 6) is -6.29. The second-order valence-electron chi connectivity index (χ2n) is 10.4. The Morgan fingerprint density at radius 3 is 2.42 bits per heavy atom. The number of primary amides is 1. The molecular weight excluding hydrogens is 492 g/mol. The van der Waals surface area contributed by atoms with Gasteiger partial charge in [-0.25, -0.2) is 0 Å². The van der Waals surface area contributed by atoms with Gasteiger partial charge in [0.05, 0.1) is 18.2 Å². The fourth-order valence-electron chi connectivity index (χ4n) is 6.39. The summed E-state index contributed by atoms with van der Waals surface area (Å²) in [5.41, 5.74) is 2.20. The van der Waals surface area contributed by atoms with Crippen molar-refractivity contribution in [2.24, 2.45) is 17.6 Å². The number of carbonyl (C=O) groups is 3. The number of carbonyl (C=O) groups excluding carboxylic acids is 3. The van der Waals surface area contributed by atoms with Crippen molar-refractivity contribution in [3.05, 3.63) is 52.3 Å². The van der Waals surface area contributed by atoms with E-state index in [1.54, 1.807) is 32.3 Å². The Labute approximate surface area is 218 Å². The average Bonchev–Trinajstić information content (AvgIpc) is 2.85. The van der Waals surface area contributed by atoms with Crippen LogP contribution >= 0.6 is 0 Å². The number of benzene rings is 2. The molecule has 0 saturated heterocycles. The van der Waals surface area contributed by atoms with E-state index in [0.717, 1.165) is 0 Å². The molecule has 1 saturated carbocycles. The zero-order valence-electron chi connectivity index (χ0n) is 21.3. The summed E-state index contributed by atoms with van der Waals surface area (Å²) in [5, 5.41) is 46.4. The van der Waals surface area contributed by atoms with Gasteiger partial charge >= 0.3 is 0 Å². The zero-order valence-corrected chi connectivity index (χ0v) is 21.3. The number of nitrogens with zero attached hydrogens (tertiary/aromatic N) is 1. The quantitative estimate of drug-likeness (QED) is 0.368. The zero-order chi connectivity index (χ0) is 27.7. The van der Waals surface area contributed by atoms with Gasteiger partial charge in [0.1, 0.15) is 28.6 Å². The largest absolute Gasteiger partial charge is 0.508 e. The molecule has 1 amide bonds. The third kappa shape index (κ3) is 3.30. The molecule has 200 valence electrons. The minimum Gasteiger partial charge on any atom is -0.508 e. The van der Waals surface area contributed by atoms with Crippen LogP contribution in [0.3, 0.4) is 0 Å². The molecule has 10 heteroatoms. The van der Waals surface area contributed by atoms with Gasteiger partial charge < -0.3 is 30.9 Å². The average molecular weight is 523 g/mol. The van der Waals surface area contributed by atoms with E-state index in [0.29, 0.717) is 35.1 Å². The maximum Gasteiger partial charge on any atom is 0.255 e. The number of phenols is 1. The van der Waals surface area contributed by atoms with Crippen LogP contribution in [-0.4, -0.2) is 75.1 Å². The van der Waals surface area contributed by atoms with Crippen LogP contribution in [-0.2, 0) is 20.8 Å². The molecule has 0 heterocycles. The summed E-state index contributed by atoms with van der Waals surface area (Å²) in [6.45, 7) is 2.34. The molecule has 3 aliphatic carbocycles. The molecule has 0 unspecified atom stereocenters. The molecule has 0 spiro atoms. The number of hydrogen-bond donors (Lipinski definition) is 5. The Morgan fingerprint density at radius 2 is 1.82 bits per heavy atom. The Kier molecular flexibility index (Phi) is 6.00. The number of ether oxygens (including phenoxy) is 1. The highest BCUT2D eigenvalue weighted by Gasteiger charge is 2.64. The van der Waals surface area contributed by atoms with Gasteiger partial charge in [0.15, 0.2) is 11.4 Å². The van der Waals surface area contributed by atoms with Gasteiger partial charge in [-0.1, -0.05) is 31.2 Å². The second kappa shape index (κ2) is 8.85. The molecule has 6 N–H and O–H groups in total. The van der Waals surface area contributed by atoms with Gasteiger partial charge in [0.25, 0.3) is 5.91 Å². The second-order valence-corrected chi connectivity index (χ2v) is 10.4. The molecule has 3 aliphatic rings. The van der Waals surface area contributed by atoms with E-state index in [-0.39, 0.29) is 29.7 Å². The smallest absolute Gasteiger partial charge is 0.255 e. The number of Topliss-reactive ketones (excluding diaryl/α,β-unsaturated/α-hetero) is 2. The first kappa shape index (κ1) is 25.7. The lowest BCUT2D eigenvalue weighted by atomic mass is 9.57. The maximum absolute atomic E-state index is 14.0. The molecule has 1 fully saturated rings. The van der Waals surface area contributed by atoms with Crippen LogP contribution in [0.4, 0.5) is 0 Å². The third-order valence-electron chi connectivity index (χ3n) is 8.00. The Bertz CT molecular complexity index is 1470. The summed E-state index contributed by atoms with van der Waals surface area (Å²) >= 11 is 0. The van der Waals surface area contributed by atoms with Crippen LogP contribution in [0, 0.1) is 11.8 Å². The van der Waals surface area contributed by atoms with Crippen LogP contribution in [0.25, 0.3) is 16.5 Å². The molecule has 0 radical (unpaired) electrons. The van der Waals surface area contributed by atoms with Crippen LogP contribution in [0.2, 0.25) is 0 Å². The monoisotopic (exact) mass is 522 g/mol. The van der Waals surface area contributed by atoms with Crippen molar-refractivity contribution in [2.45, 2.75) is 37.8 Å². The fourth-order valence-corrected chi connectivity index (χ4v) is 6.39. The molecule has 10 nitrogen and oxygen atoms in total. The standard InChI is InChI=1S/C28H30N2O8/c1-4-9-38-24-14-8-6-5-7-13(14)21(31)18-15(24)10-12-11-16-20(30(2)3)23(33)19(27(29)36)26(35)28(16,37)25(34)17(12)22(18)32/h5-8,12,16,20,31-32,35,37H,4,9-11H2,1-3H3,(H2,29,36)/t12-,16-,20-,28-/m0/s1. The molecule has 0 bridgehead atoms. The number of phenolic OH excluding ortho intramolecular Hbond substituents is 1. The lowest BCUT2D eigenvalue weighted by molar-refractivity contribution is -0.153. The molecule has 5 rings (SSSR count). The van der Waals surface area contributed by atoms with E-state index < -0.39 is 58.0 Å². The lowest BCUT2D eigenvalue weighted by Gasteiger charge is -2.50. The summed E-state index contributed by atoms with van der Waals surface area (Å²) in [6.07, 6.45) is 0.910. The number of aromatic hydroxyl groups is 1. The van der Waals surface area contributed by atoms with E-state index >= 15 is 0 Å². The SMILES string of the molecule is CCCOc1c2c(c(O)c3ccccc13)C(O)=C1C(=O)[C@]3(O)C(O)=C(C(N)=O)C(=O)[C@@H](N(C)C)[C@@H]3C[C@@H]1C2. The molecule has 0 aliphatic heterocycles. The Hall–Kier alpha value is -3.89. The summed E-state index contributed by atoms with van der Waals surface area (Å²) < 4.78 is 6.10. The number of rotatable bonds is 5. The van der Waals surface area contributed by atoms with Crippen molar-refractivity contribution in [2.75, 3.05) is 20.7 Å². The van der Waals surface area contributed by atoms with Crippen molar-refractivity contribution < 1.29 is 39.5 Å². The lowest BCUT2D eigenvalue weighted by Crippen LogP contribution is -2.65. The fraction of sp³-hybridized carbons (Fsp3) is 0.393. The number of likely N-dealkylation sites (N-methyl/N-ethyl adjacent to an activating group) is 1. The number of aliphatic hydroxyl groups is 3. The molecule has 4 atom stereocenters. The van der Waals surface area contributed by atoms with E-state index in [1.807, 2.05) is 13.0 Å².